The Balaban J connectivity index is 0.00000169. The zero-order valence-corrected chi connectivity index (χ0v) is 11.6. The van der Waals surface area contributed by atoms with Crippen molar-refractivity contribution in [2.75, 3.05) is 7.11 Å². The van der Waals surface area contributed by atoms with Crippen molar-refractivity contribution in [3.8, 4) is 5.75 Å². The summed E-state index contributed by atoms with van der Waals surface area (Å²) in [5.41, 5.74) is 1.43. The summed E-state index contributed by atoms with van der Waals surface area (Å²) in [6, 6.07) is 3.41. The molecule has 0 N–H and O–H groups in total. The van der Waals surface area contributed by atoms with E-state index in [4.69, 9.17) is 4.74 Å². The van der Waals surface area contributed by atoms with E-state index in [1.165, 1.54) is 0 Å². The number of methoxy groups -OCH3 is 1. The molecule has 1 atom stereocenters. The van der Waals surface area contributed by atoms with Crippen LogP contribution < -0.4 is 34.3 Å². The summed E-state index contributed by atoms with van der Waals surface area (Å²) in [5.74, 6) is 0.684. The van der Waals surface area contributed by atoms with Gasteiger partial charge in [-0.1, -0.05) is 0 Å². The van der Waals surface area contributed by atoms with Crippen LogP contribution in [0.2, 0.25) is 0 Å². The molecule has 0 aliphatic carbocycles. The van der Waals surface area contributed by atoms with E-state index >= 15 is 0 Å². The quantitative estimate of drug-likeness (QED) is 0.454. The number of benzene rings is 1. The van der Waals surface area contributed by atoms with Crippen LogP contribution in [0, 0.1) is 13.8 Å². The van der Waals surface area contributed by atoms with Gasteiger partial charge in [0, 0.05) is 4.90 Å². The second-order valence-corrected chi connectivity index (χ2v) is 3.70. The van der Waals surface area contributed by atoms with Crippen molar-refractivity contribution in [1.82, 2.24) is 0 Å². The Morgan fingerprint density at radius 3 is 2.00 bits per heavy atom. The summed E-state index contributed by atoms with van der Waals surface area (Å²) >= 11 is -2.17. The molecule has 5 heteroatoms. The zero-order chi connectivity index (χ0) is 10.0. The van der Waals surface area contributed by atoms with Crippen LogP contribution in [0.5, 0.6) is 5.75 Å². The summed E-state index contributed by atoms with van der Waals surface area (Å²) in [5, 5.41) is 0. The number of hydrogen-bond donors (Lipinski definition) is 0. The molecule has 0 saturated carbocycles. The number of ether oxygens (including phenoxy) is 1. The predicted octanol–water partition coefficient (Wildman–Crippen LogP) is -1.45. The monoisotopic (exact) mass is 222 g/mol. The topological polar surface area (TPSA) is 49.4 Å². The third-order valence-corrected chi connectivity index (χ3v) is 2.81. The van der Waals surface area contributed by atoms with E-state index in [-0.39, 0.29) is 29.6 Å². The average Bonchev–Trinajstić information content (AvgIpc) is 2.02. The van der Waals surface area contributed by atoms with E-state index in [1.54, 1.807) is 33.1 Å². The molecule has 0 radical (unpaired) electrons. The molecule has 1 unspecified atom stereocenters. The van der Waals surface area contributed by atoms with Crippen molar-refractivity contribution in [3.05, 3.63) is 23.3 Å². The Kier molecular flexibility index (Phi) is 5.93. The Morgan fingerprint density at radius 1 is 1.29 bits per heavy atom. The molecule has 14 heavy (non-hydrogen) atoms. The van der Waals surface area contributed by atoms with Gasteiger partial charge < -0.3 is 9.29 Å². The van der Waals surface area contributed by atoms with Crippen LogP contribution in [0.25, 0.3) is 0 Å². The number of aryl methyl sites for hydroxylation is 2. The van der Waals surface area contributed by atoms with Crippen LogP contribution in [0.4, 0.5) is 0 Å². The van der Waals surface area contributed by atoms with E-state index in [0.29, 0.717) is 21.8 Å². The van der Waals surface area contributed by atoms with Crippen molar-refractivity contribution in [2.45, 2.75) is 18.7 Å². The van der Waals surface area contributed by atoms with Gasteiger partial charge in [-0.3, -0.25) is 4.21 Å². The first-order valence-electron chi connectivity index (χ1n) is 3.80. The molecule has 1 aromatic rings. The molecule has 0 saturated heterocycles. The molecular formula is C9H11NaO3S. The molecule has 1 aromatic carbocycles. The molecule has 0 fully saturated rings. The van der Waals surface area contributed by atoms with Gasteiger partial charge in [0.05, 0.1) is 7.11 Å². The Morgan fingerprint density at radius 2 is 1.71 bits per heavy atom. The molecule has 0 aromatic heterocycles. The van der Waals surface area contributed by atoms with Gasteiger partial charge in [0.2, 0.25) is 0 Å². The van der Waals surface area contributed by atoms with Gasteiger partial charge in [-0.15, -0.1) is 0 Å². The SMILES string of the molecule is COc1cc(C)c(S(=O)[O-])c(C)c1.[Na+]. The molecule has 0 spiro atoms. The van der Waals surface area contributed by atoms with Gasteiger partial charge in [-0.05, 0) is 48.2 Å². The first-order valence-corrected chi connectivity index (χ1v) is 4.88. The van der Waals surface area contributed by atoms with Crippen LogP contribution in [0.3, 0.4) is 0 Å². The maximum atomic E-state index is 10.8. The van der Waals surface area contributed by atoms with Crippen LogP contribution in [-0.4, -0.2) is 15.9 Å². The first-order chi connectivity index (χ1) is 6.06. The third-order valence-electron chi connectivity index (χ3n) is 1.84. The smallest absolute Gasteiger partial charge is 0.768 e. The van der Waals surface area contributed by atoms with Gasteiger partial charge in [0.15, 0.2) is 0 Å². The van der Waals surface area contributed by atoms with Crippen LogP contribution >= 0.6 is 0 Å². The minimum Gasteiger partial charge on any atom is -0.768 e. The number of hydrogen-bond acceptors (Lipinski definition) is 3. The van der Waals surface area contributed by atoms with E-state index in [9.17, 15) is 8.76 Å². The number of rotatable bonds is 2. The van der Waals surface area contributed by atoms with E-state index in [0.717, 1.165) is 0 Å². The fourth-order valence-electron chi connectivity index (χ4n) is 1.29. The molecule has 0 amide bonds. The summed E-state index contributed by atoms with van der Waals surface area (Å²) in [6.07, 6.45) is 0. The Hall–Kier alpha value is 0.130. The fourth-order valence-corrected chi connectivity index (χ4v) is 1.93. The average molecular weight is 222 g/mol. The maximum Gasteiger partial charge on any atom is 1.00 e. The molecule has 72 valence electrons. The molecule has 0 heterocycles. The van der Waals surface area contributed by atoms with E-state index in [2.05, 4.69) is 0 Å². The second-order valence-electron chi connectivity index (χ2n) is 2.83. The van der Waals surface area contributed by atoms with Crippen LogP contribution in [-0.2, 0) is 11.1 Å². The van der Waals surface area contributed by atoms with Gasteiger partial charge >= 0.3 is 29.6 Å². The first kappa shape index (κ1) is 14.1. The standard InChI is InChI=1S/C9H12O3S.Na/c1-6-4-8(12-3)5-7(2)9(6)13(10)11;/h4-5H,1-3H3,(H,10,11);/q;+1/p-1. The van der Waals surface area contributed by atoms with Crippen molar-refractivity contribution in [2.24, 2.45) is 0 Å². The molecule has 0 aliphatic rings. The van der Waals surface area contributed by atoms with Gasteiger partial charge in [0.1, 0.15) is 5.75 Å². The van der Waals surface area contributed by atoms with Crippen molar-refractivity contribution >= 4 is 11.1 Å². The van der Waals surface area contributed by atoms with Gasteiger partial charge in [0.25, 0.3) is 0 Å². The molecular weight excluding hydrogens is 211 g/mol. The molecule has 3 nitrogen and oxygen atoms in total. The third kappa shape index (κ3) is 3.07. The van der Waals surface area contributed by atoms with Gasteiger partial charge in [-0.25, -0.2) is 0 Å². The minimum absolute atomic E-state index is 0. The Labute approximate surface area is 108 Å². The summed E-state index contributed by atoms with van der Waals surface area (Å²) < 4.78 is 26.6. The van der Waals surface area contributed by atoms with Crippen LogP contribution in [0.1, 0.15) is 11.1 Å². The van der Waals surface area contributed by atoms with Crippen LogP contribution in [0.15, 0.2) is 17.0 Å². The van der Waals surface area contributed by atoms with Crippen molar-refractivity contribution in [3.63, 3.8) is 0 Å². The Bertz CT molecular complexity index is 329. The molecule has 0 aliphatic heterocycles. The van der Waals surface area contributed by atoms with Crippen molar-refractivity contribution in [1.29, 1.82) is 0 Å². The normalized spacial score (nSPS) is 11.7. The van der Waals surface area contributed by atoms with Gasteiger partial charge in [-0.2, -0.15) is 0 Å². The zero-order valence-electron chi connectivity index (χ0n) is 8.79. The van der Waals surface area contributed by atoms with Crippen molar-refractivity contribution < 1.29 is 43.1 Å². The fraction of sp³-hybridized carbons (Fsp3) is 0.333. The summed E-state index contributed by atoms with van der Waals surface area (Å²) in [7, 11) is 1.56. The second kappa shape index (κ2) is 5.88. The maximum absolute atomic E-state index is 10.8. The minimum atomic E-state index is -2.17. The predicted molar refractivity (Wildman–Crippen MR) is 49.7 cm³/mol. The molecule has 0 bridgehead atoms. The summed E-state index contributed by atoms with van der Waals surface area (Å²) in [6.45, 7) is 3.50. The molecule has 1 rings (SSSR count). The van der Waals surface area contributed by atoms with E-state index in [1.807, 2.05) is 0 Å². The van der Waals surface area contributed by atoms with E-state index < -0.39 is 11.1 Å². The largest absolute Gasteiger partial charge is 1.00 e. The summed E-state index contributed by atoms with van der Waals surface area (Å²) in [4.78, 5) is 0.362.